The topological polar surface area (TPSA) is 86.8 Å². The van der Waals surface area contributed by atoms with Crippen molar-refractivity contribution in [3.8, 4) is 0 Å². The molecule has 2 aromatic rings. The molecule has 0 bridgehead atoms. The van der Waals surface area contributed by atoms with Crippen molar-refractivity contribution < 1.29 is 31.2 Å². The molecule has 0 aliphatic rings. The van der Waals surface area contributed by atoms with Crippen LogP contribution in [-0.4, -0.2) is 50.5 Å². The number of nitrogens with zero attached hydrogens (tertiary/aromatic N) is 2. The SMILES string of the molecule is CCNC(=O)[C@H](C)N(Cc1cccc(Br)c1)C(=O)CN(c1ccc(Cl)c(C(F)(F)F)c1)S(C)(=O)=O. The van der Waals surface area contributed by atoms with Crippen LogP contribution in [0.15, 0.2) is 46.9 Å². The Kier molecular flexibility index (Phi) is 9.60. The molecule has 0 aromatic heterocycles. The van der Waals surface area contributed by atoms with Gasteiger partial charge in [-0.15, -0.1) is 0 Å². The summed E-state index contributed by atoms with van der Waals surface area (Å²) in [5.74, 6) is -1.25. The van der Waals surface area contributed by atoms with Gasteiger partial charge in [0.2, 0.25) is 21.8 Å². The van der Waals surface area contributed by atoms with Crippen LogP contribution >= 0.6 is 27.5 Å². The molecule has 0 heterocycles. The first-order valence-electron chi connectivity index (χ1n) is 10.3. The maximum atomic E-state index is 13.3. The summed E-state index contributed by atoms with van der Waals surface area (Å²) in [6.07, 6.45) is -4.06. The summed E-state index contributed by atoms with van der Waals surface area (Å²) in [5, 5.41) is 2.00. The largest absolute Gasteiger partial charge is 0.417 e. The van der Waals surface area contributed by atoms with E-state index in [9.17, 15) is 31.2 Å². The number of halogens is 5. The summed E-state index contributed by atoms with van der Waals surface area (Å²) in [6, 6.07) is 8.53. The third-order valence-corrected chi connectivity index (χ3v) is 6.95. The van der Waals surface area contributed by atoms with Crippen LogP contribution in [0.2, 0.25) is 5.02 Å². The highest BCUT2D eigenvalue weighted by Gasteiger charge is 2.35. The third-order valence-electron chi connectivity index (χ3n) is 4.98. The van der Waals surface area contributed by atoms with Gasteiger partial charge in [0, 0.05) is 17.6 Å². The second kappa shape index (κ2) is 11.6. The number of carbonyl (C=O) groups excluding carboxylic acids is 2. The van der Waals surface area contributed by atoms with Gasteiger partial charge in [0.25, 0.3) is 0 Å². The predicted molar refractivity (Wildman–Crippen MR) is 131 cm³/mol. The summed E-state index contributed by atoms with van der Waals surface area (Å²) < 4.78 is 66.3. The van der Waals surface area contributed by atoms with E-state index in [-0.39, 0.29) is 12.2 Å². The van der Waals surface area contributed by atoms with Gasteiger partial charge in [0.05, 0.1) is 22.5 Å². The normalized spacial score (nSPS) is 12.7. The number of carbonyl (C=O) groups is 2. The second-order valence-electron chi connectivity index (χ2n) is 7.65. The minimum atomic E-state index is -4.83. The summed E-state index contributed by atoms with van der Waals surface area (Å²) in [7, 11) is -4.19. The zero-order valence-corrected chi connectivity index (χ0v) is 22.2. The molecule has 2 aromatic carbocycles. The van der Waals surface area contributed by atoms with Crippen molar-refractivity contribution in [3.05, 3.63) is 63.1 Å². The van der Waals surface area contributed by atoms with Crippen LogP contribution in [0.4, 0.5) is 18.9 Å². The molecule has 0 saturated carbocycles. The van der Waals surface area contributed by atoms with Gasteiger partial charge < -0.3 is 10.2 Å². The lowest BCUT2D eigenvalue weighted by atomic mass is 10.1. The van der Waals surface area contributed by atoms with Crippen LogP contribution in [0, 0.1) is 0 Å². The Morgan fingerprint density at radius 1 is 1.17 bits per heavy atom. The highest BCUT2D eigenvalue weighted by molar-refractivity contribution is 9.10. The fourth-order valence-electron chi connectivity index (χ4n) is 3.24. The summed E-state index contributed by atoms with van der Waals surface area (Å²) in [4.78, 5) is 27.0. The van der Waals surface area contributed by atoms with Gasteiger partial charge >= 0.3 is 6.18 Å². The van der Waals surface area contributed by atoms with E-state index in [1.165, 1.54) is 11.8 Å². The average molecular weight is 599 g/mol. The lowest BCUT2D eigenvalue weighted by Crippen LogP contribution is -2.51. The van der Waals surface area contributed by atoms with Crippen LogP contribution in [0.1, 0.15) is 25.0 Å². The smallest absolute Gasteiger partial charge is 0.355 e. The average Bonchev–Trinajstić information content (AvgIpc) is 2.74. The van der Waals surface area contributed by atoms with Crippen LogP contribution < -0.4 is 9.62 Å². The van der Waals surface area contributed by atoms with E-state index >= 15 is 0 Å². The number of alkyl halides is 3. The number of rotatable bonds is 9. The molecule has 0 aliphatic carbocycles. The molecule has 7 nitrogen and oxygen atoms in total. The van der Waals surface area contributed by atoms with Crippen molar-refractivity contribution in [2.45, 2.75) is 32.6 Å². The van der Waals surface area contributed by atoms with E-state index in [1.807, 2.05) is 0 Å². The molecule has 0 spiro atoms. The number of hydrogen-bond donors (Lipinski definition) is 1. The van der Waals surface area contributed by atoms with Gasteiger partial charge in [-0.2, -0.15) is 13.2 Å². The number of sulfonamides is 1. The Labute approximate surface area is 215 Å². The molecule has 0 fully saturated rings. The van der Waals surface area contributed by atoms with Crippen molar-refractivity contribution in [2.75, 3.05) is 23.7 Å². The molecule has 0 unspecified atom stereocenters. The maximum Gasteiger partial charge on any atom is 0.417 e. The van der Waals surface area contributed by atoms with Crippen molar-refractivity contribution >= 4 is 55.1 Å². The molecule has 2 rings (SSSR count). The fourth-order valence-corrected chi connectivity index (χ4v) is 4.75. The van der Waals surface area contributed by atoms with E-state index in [2.05, 4.69) is 21.2 Å². The maximum absolute atomic E-state index is 13.3. The molecule has 13 heteroatoms. The van der Waals surface area contributed by atoms with Crippen LogP contribution in [-0.2, 0) is 32.3 Å². The Balaban J connectivity index is 2.47. The number of likely N-dealkylation sites (N-methyl/N-ethyl adjacent to an activating group) is 1. The number of amides is 2. The zero-order valence-electron chi connectivity index (χ0n) is 19.1. The molecule has 1 atom stereocenters. The number of hydrogen-bond acceptors (Lipinski definition) is 4. The summed E-state index contributed by atoms with van der Waals surface area (Å²) in [5.41, 5.74) is -0.967. The molecule has 0 saturated heterocycles. The lowest BCUT2D eigenvalue weighted by molar-refractivity contribution is -0.139. The molecule has 192 valence electrons. The van der Waals surface area contributed by atoms with Crippen molar-refractivity contribution in [2.24, 2.45) is 0 Å². The molecular formula is C22H24BrClF3N3O4S. The first-order chi connectivity index (χ1) is 16.1. The van der Waals surface area contributed by atoms with Gasteiger partial charge in [-0.1, -0.05) is 39.7 Å². The van der Waals surface area contributed by atoms with Crippen molar-refractivity contribution in [3.63, 3.8) is 0 Å². The first kappa shape index (κ1) is 28.9. The molecular weight excluding hydrogens is 575 g/mol. The highest BCUT2D eigenvalue weighted by atomic mass is 79.9. The standard InChI is InChI=1S/C22H24BrClF3N3O4S/c1-4-28-21(32)14(2)29(12-15-6-5-7-16(23)10-15)20(31)13-30(35(3,33)34)17-8-9-19(24)18(11-17)22(25,26)27/h5-11,14H,4,12-13H2,1-3H3,(H,28,32)/t14-/m0/s1. The fraction of sp³-hybridized carbons (Fsp3) is 0.364. The van der Waals surface area contributed by atoms with E-state index in [0.717, 1.165) is 22.9 Å². The molecule has 1 N–H and O–H groups in total. The summed E-state index contributed by atoms with van der Waals surface area (Å²) in [6.45, 7) is 2.63. The predicted octanol–water partition coefficient (Wildman–Crippen LogP) is 4.44. The van der Waals surface area contributed by atoms with E-state index < -0.39 is 51.2 Å². The first-order valence-corrected chi connectivity index (χ1v) is 13.3. The molecule has 0 aliphatic heterocycles. The Bertz CT molecular complexity index is 1190. The minimum absolute atomic E-state index is 0.0391. The number of anilines is 1. The summed E-state index contributed by atoms with van der Waals surface area (Å²) >= 11 is 8.99. The van der Waals surface area contributed by atoms with Crippen LogP contribution in [0.25, 0.3) is 0 Å². The van der Waals surface area contributed by atoms with Crippen molar-refractivity contribution in [1.29, 1.82) is 0 Å². The van der Waals surface area contributed by atoms with E-state index in [1.54, 1.807) is 31.2 Å². The Hall–Kier alpha value is -2.31. The monoisotopic (exact) mass is 597 g/mol. The molecule has 0 radical (unpaired) electrons. The lowest BCUT2D eigenvalue weighted by Gasteiger charge is -2.31. The van der Waals surface area contributed by atoms with Gasteiger partial charge in [0.1, 0.15) is 12.6 Å². The van der Waals surface area contributed by atoms with Gasteiger partial charge in [0.15, 0.2) is 0 Å². The molecule has 35 heavy (non-hydrogen) atoms. The quantitative estimate of drug-likeness (QED) is 0.463. The minimum Gasteiger partial charge on any atom is -0.355 e. The highest BCUT2D eigenvalue weighted by Crippen LogP contribution is 2.37. The number of benzene rings is 2. The number of nitrogens with one attached hydrogen (secondary N) is 1. The molecule has 2 amide bonds. The van der Waals surface area contributed by atoms with E-state index in [0.29, 0.717) is 22.5 Å². The Morgan fingerprint density at radius 3 is 2.37 bits per heavy atom. The van der Waals surface area contributed by atoms with E-state index in [4.69, 9.17) is 11.6 Å². The van der Waals surface area contributed by atoms with Crippen molar-refractivity contribution in [1.82, 2.24) is 10.2 Å². The van der Waals surface area contributed by atoms with Gasteiger partial charge in [-0.05, 0) is 49.7 Å². The zero-order chi connectivity index (χ0) is 26.6. The van der Waals surface area contributed by atoms with Gasteiger partial charge in [-0.25, -0.2) is 8.42 Å². The van der Waals surface area contributed by atoms with Crippen LogP contribution in [0.5, 0.6) is 0 Å². The third kappa shape index (κ3) is 7.84. The van der Waals surface area contributed by atoms with Crippen LogP contribution in [0.3, 0.4) is 0 Å². The second-order valence-corrected chi connectivity index (χ2v) is 10.9. The van der Waals surface area contributed by atoms with Gasteiger partial charge in [-0.3, -0.25) is 13.9 Å². The Morgan fingerprint density at radius 2 is 1.83 bits per heavy atom.